The molecule has 1 aliphatic carbocycles. The number of sulfonamides is 1. The first kappa shape index (κ1) is 23.2. The normalized spacial score (nSPS) is 22.0. The Labute approximate surface area is 190 Å². The number of hydrogen-bond acceptors (Lipinski definition) is 5. The van der Waals surface area contributed by atoms with Crippen molar-refractivity contribution in [1.29, 1.82) is 0 Å². The van der Waals surface area contributed by atoms with Gasteiger partial charge in [0.1, 0.15) is 5.52 Å². The van der Waals surface area contributed by atoms with Gasteiger partial charge >= 0.3 is 0 Å². The lowest BCUT2D eigenvalue weighted by Crippen LogP contribution is -2.47. The molecule has 1 aliphatic heterocycles. The molecule has 1 saturated heterocycles. The zero-order valence-electron chi connectivity index (χ0n) is 19.2. The minimum atomic E-state index is -3.70. The van der Waals surface area contributed by atoms with Crippen LogP contribution in [0.3, 0.4) is 0 Å². The molecule has 1 saturated carbocycles. The summed E-state index contributed by atoms with van der Waals surface area (Å²) >= 11 is 0. The van der Waals surface area contributed by atoms with E-state index in [1.54, 1.807) is 22.9 Å². The molecule has 8 nitrogen and oxygen atoms in total. The topological polar surface area (TPSA) is 97.2 Å². The summed E-state index contributed by atoms with van der Waals surface area (Å²) in [7, 11) is -3.70. The number of nitrogens with one attached hydrogen (secondary N) is 1. The van der Waals surface area contributed by atoms with Crippen molar-refractivity contribution in [3.8, 4) is 0 Å². The number of hydrogen-bond donors (Lipinski definition) is 1. The Bertz CT molecular complexity index is 1040. The second-order valence-electron chi connectivity index (χ2n) is 9.53. The molecule has 2 fully saturated rings. The second-order valence-corrected chi connectivity index (χ2v) is 11.5. The van der Waals surface area contributed by atoms with Crippen molar-refractivity contribution in [3.05, 3.63) is 18.2 Å². The highest BCUT2D eigenvalue weighted by molar-refractivity contribution is 7.89. The van der Waals surface area contributed by atoms with E-state index in [1.807, 2.05) is 13.8 Å². The molecule has 0 spiro atoms. The van der Waals surface area contributed by atoms with Crippen LogP contribution in [0.25, 0.3) is 11.0 Å². The Morgan fingerprint density at radius 3 is 2.50 bits per heavy atom. The minimum absolute atomic E-state index is 0.00537. The largest absolute Gasteiger partial charge is 0.353 e. The molecule has 2 aliphatic rings. The van der Waals surface area contributed by atoms with Crippen LogP contribution in [0.4, 0.5) is 0 Å². The first-order chi connectivity index (χ1) is 15.4. The highest BCUT2D eigenvalue weighted by Gasteiger charge is 2.34. The maximum Gasteiger partial charge on any atom is 0.243 e. The average Bonchev–Trinajstić information content (AvgIpc) is 3.19. The van der Waals surface area contributed by atoms with E-state index >= 15 is 0 Å². The van der Waals surface area contributed by atoms with Gasteiger partial charge in [0.05, 0.1) is 16.3 Å². The summed E-state index contributed by atoms with van der Waals surface area (Å²) in [4.78, 5) is 13.2. The predicted molar refractivity (Wildman–Crippen MR) is 124 cm³/mol. The number of fused-ring (bicyclic) bond motifs is 1. The van der Waals surface area contributed by atoms with Gasteiger partial charge in [0.2, 0.25) is 15.9 Å². The summed E-state index contributed by atoms with van der Waals surface area (Å²) in [6, 6.07) is 5.35. The molecule has 1 N–H and O–H groups in total. The van der Waals surface area contributed by atoms with Gasteiger partial charge in [0.25, 0.3) is 0 Å². The third-order valence-corrected chi connectivity index (χ3v) is 8.64. The summed E-state index contributed by atoms with van der Waals surface area (Å²) in [5, 5.41) is 11.5. The van der Waals surface area contributed by atoms with Crippen LogP contribution >= 0.6 is 0 Å². The molecule has 1 aromatic carbocycles. The molecular formula is C23H35N5O3S. The summed E-state index contributed by atoms with van der Waals surface area (Å²) in [6.45, 7) is 4.69. The van der Waals surface area contributed by atoms with Crippen LogP contribution in [0.2, 0.25) is 0 Å². The molecule has 4 rings (SSSR count). The van der Waals surface area contributed by atoms with Crippen LogP contribution in [0, 0.1) is 5.92 Å². The van der Waals surface area contributed by atoms with Crippen molar-refractivity contribution >= 4 is 27.0 Å². The number of benzene rings is 1. The van der Waals surface area contributed by atoms with Crippen molar-refractivity contribution in [2.24, 2.45) is 5.92 Å². The van der Waals surface area contributed by atoms with Gasteiger partial charge in [0, 0.05) is 25.2 Å². The number of carbonyl (C=O) groups excluding carboxylic acids is 1. The highest BCUT2D eigenvalue weighted by Crippen LogP contribution is 2.27. The number of rotatable bonds is 5. The van der Waals surface area contributed by atoms with Gasteiger partial charge in [0.15, 0.2) is 0 Å². The average molecular weight is 462 g/mol. The summed E-state index contributed by atoms with van der Waals surface area (Å²) in [6.07, 6.45) is 9.53. The molecule has 9 heteroatoms. The molecule has 176 valence electrons. The zero-order valence-corrected chi connectivity index (χ0v) is 20.0. The Hall–Kier alpha value is -2.00. The van der Waals surface area contributed by atoms with Crippen molar-refractivity contribution in [1.82, 2.24) is 24.6 Å². The Balaban J connectivity index is 1.45. The SMILES string of the molecule is CC(C)n1nnc2cc(S(=O)(=O)N3CCC[C@@H](C(=O)NC4CCCCCCC4)C3)ccc21. The van der Waals surface area contributed by atoms with E-state index < -0.39 is 10.0 Å². The molecule has 1 amide bonds. The third kappa shape index (κ3) is 4.98. The number of amides is 1. The molecule has 0 radical (unpaired) electrons. The predicted octanol–water partition coefficient (Wildman–Crippen LogP) is 3.64. The number of carbonyl (C=O) groups is 1. The molecule has 2 heterocycles. The van der Waals surface area contributed by atoms with Gasteiger partial charge in [-0.3, -0.25) is 4.79 Å². The Morgan fingerprint density at radius 2 is 1.78 bits per heavy atom. The van der Waals surface area contributed by atoms with E-state index in [0.29, 0.717) is 18.5 Å². The molecule has 1 atom stereocenters. The quantitative estimate of drug-likeness (QED) is 0.733. The lowest BCUT2D eigenvalue weighted by molar-refractivity contribution is -0.126. The maximum atomic E-state index is 13.4. The van der Waals surface area contributed by atoms with Crippen molar-refractivity contribution < 1.29 is 13.2 Å². The van der Waals surface area contributed by atoms with E-state index in [4.69, 9.17) is 0 Å². The standard InChI is InChI=1S/C23H35N5O3S/c1-17(2)28-22-13-12-20(15-21(22)25-26-28)32(30,31)27-14-8-9-18(16-27)23(29)24-19-10-6-4-3-5-7-11-19/h12-13,15,17-19H,3-11,14,16H2,1-2H3,(H,24,29)/t18-/m1/s1. The molecule has 0 unspecified atom stereocenters. The summed E-state index contributed by atoms with van der Waals surface area (Å²) in [5.74, 6) is -0.291. The van der Waals surface area contributed by atoms with Crippen molar-refractivity contribution in [3.63, 3.8) is 0 Å². The number of piperidine rings is 1. The van der Waals surface area contributed by atoms with Crippen LogP contribution in [0.15, 0.2) is 23.1 Å². The minimum Gasteiger partial charge on any atom is -0.353 e. The second kappa shape index (κ2) is 9.87. The van der Waals surface area contributed by atoms with Gasteiger partial charge in [-0.05, 0) is 57.7 Å². The number of nitrogens with zero attached hydrogens (tertiary/aromatic N) is 4. The first-order valence-corrected chi connectivity index (χ1v) is 13.5. The fourth-order valence-corrected chi connectivity index (χ4v) is 6.45. The van der Waals surface area contributed by atoms with E-state index in [9.17, 15) is 13.2 Å². The summed E-state index contributed by atoms with van der Waals surface area (Å²) in [5.41, 5.74) is 1.38. The first-order valence-electron chi connectivity index (χ1n) is 12.0. The van der Waals surface area contributed by atoms with Gasteiger partial charge in [-0.15, -0.1) is 5.10 Å². The van der Waals surface area contributed by atoms with Gasteiger partial charge < -0.3 is 5.32 Å². The van der Waals surface area contributed by atoms with Crippen molar-refractivity contribution in [2.45, 2.75) is 88.6 Å². The molecular weight excluding hydrogens is 426 g/mol. The fourth-order valence-electron chi connectivity index (χ4n) is 4.91. The smallest absolute Gasteiger partial charge is 0.243 e. The lowest BCUT2D eigenvalue weighted by atomic mass is 9.94. The van der Waals surface area contributed by atoms with E-state index in [1.165, 1.54) is 23.6 Å². The van der Waals surface area contributed by atoms with E-state index in [0.717, 1.165) is 37.6 Å². The van der Waals surface area contributed by atoms with Gasteiger partial charge in [-0.1, -0.05) is 37.3 Å². The monoisotopic (exact) mass is 461 g/mol. The van der Waals surface area contributed by atoms with Crippen LogP contribution in [-0.2, 0) is 14.8 Å². The maximum absolute atomic E-state index is 13.4. The molecule has 0 bridgehead atoms. The zero-order chi connectivity index (χ0) is 22.7. The highest BCUT2D eigenvalue weighted by atomic mass is 32.2. The van der Waals surface area contributed by atoms with Crippen LogP contribution in [0.1, 0.15) is 77.7 Å². The van der Waals surface area contributed by atoms with Gasteiger partial charge in [-0.25, -0.2) is 13.1 Å². The molecule has 1 aromatic heterocycles. The molecule has 2 aromatic rings. The Morgan fingerprint density at radius 1 is 1.06 bits per heavy atom. The van der Waals surface area contributed by atoms with Crippen LogP contribution in [-0.4, -0.2) is 52.8 Å². The Kier molecular flexibility index (Phi) is 7.14. The molecule has 32 heavy (non-hydrogen) atoms. The van der Waals surface area contributed by atoms with Crippen LogP contribution in [0.5, 0.6) is 0 Å². The van der Waals surface area contributed by atoms with Crippen molar-refractivity contribution in [2.75, 3.05) is 13.1 Å². The van der Waals surface area contributed by atoms with E-state index in [2.05, 4.69) is 15.6 Å². The number of aromatic nitrogens is 3. The van der Waals surface area contributed by atoms with E-state index in [-0.39, 0.29) is 35.3 Å². The summed E-state index contributed by atoms with van der Waals surface area (Å²) < 4.78 is 30.0. The fraction of sp³-hybridized carbons (Fsp3) is 0.696. The third-order valence-electron chi connectivity index (χ3n) is 6.78. The van der Waals surface area contributed by atoms with Gasteiger partial charge in [-0.2, -0.15) is 4.31 Å². The lowest BCUT2D eigenvalue weighted by Gasteiger charge is -2.32. The van der Waals surface area contributed by atoms with Crippen LogP contribution < -0.4 is 5.32 Å².